The molecule has 3 heterocycles. The van der Waals surface area contributed by atoms with Crippen LogP contribution >= 0.6 is 0 Å². The minimum absolute atomic E-state index is 0.0175. The molecule has 3 aromatic rings. The first-order valence-electron chi connectivity index (χ1n) is 8.23. The lowest BCUT2D eigenvalue weighted by Crippen LogP contribution is -2.42. The number of aromatic amines is 2. The number of ether oxygens (including phenoxy) is 2. The number of hydrogen-bond acceptors (Lipinski definition) is 4. The molecule has 7 nitrogen and oxygen atoms in total. The lowest BCUT2D eigenvalue weighted by atomic mass is 10.1. The van der Waals surface area contributed by atoms with E-state index in [1.165, 1.54) is 0 Å². The molecule has 1 atom stereocenters. The zero-order valence-corrected chi connectivity index (χ0v) is 14.2. The summed E-state index contributed by atoms with van der Waals surface area (Å²) >= 11 is 0. The Morgan fingerprint density at radius 1 is 1.44 bits per heavy atom. The fourth-order valence-electron chi connectivity index (χ4n) is 3.17. The second-order valence-electron chi connectivity index (χ2n) is 6.18. The Morgan fingerprint density at radius 2 is 2.32 bits per heavy atom. The number of carbonyl (C=O) groups is 1. The monoisotopic (exact) mass is 340 g/mol. The first kappa shape index (κ1) is 15.7. The summed E-state index contributed by atoms with van der Waals surface area (Å²) < 4.78 is 11.1. The Balaban J connectivity index is 1.60. The topological polar surface area (TPSA) is 83.2 Å². The molecule has 1 fully saturated rings. The highest BCUT2D eigenvalue weighted by atomic mass is 16.5. The molecule has 2 N–H and O–H groups in total. The minimum Gasteiger partial charge on any atom is -0.497 e. The largest absolute Gasteiger partial charge is 0.497 e. The Morgan fingerprint density at radius 3 is 3.08 bits per heavy atom. The second kappa shape index (κ2) is 6.25. The number of aromatic nitrogens is 3. The van der Waals surface area contributed by atoms with Crippen LogP contribution in [-0.4, -0.2) is 52.6 Å². The third kappa shape index (κ3) is 2.87. The predicted octanol–water partition coefficient (Wildman–Crippen LogP) is 2.42. The average Bonchev–Trinajstić information content (AvgIpc) is 3.27. The smallest absolute Gasteiger partial charge is 0.256 e. The quantitative estimate of drug-likeness (QED) is 0.767. The lowest BCUT2D eigenvalue weighted by Gasteiger charge is -2.32. The number of fused-ring (bicyclic) bond motifs is 1. The fraction of sp³-hybridized carbons (Fsp3) is 0.333. The van der Waals surface area contributed by atoms with Crippen LogP contribution in [0.25, 0.3) is 10.9 Å². The third-order valence-corrected chi connectivity index (χ3v) is 4.50. The van der Waals surface area contributed by atoms with Crippen molar-refractivity contribution in [3.63, 3.8) is 0 Å². The van der Waals surface area contributed by atoms with Gasteiger partial charge in [-0.25, -0.2) is 4.98 Å². The van der Waals surface area contributed by atoms with Crippen LogP contribution in [0.5, 0.6) is 5.75 Å². The maximum Gasteiger partial charge on any atom is 0.256 e. The Kier molecular flexibility index (Phi) is 3.93. The van der Waals surface area contributed by atoms with E-state index in [0.717, 1.165) is 28.2 Å². The van der Waals surface area contributed by atoms with Gasteiger partial charge in [0.05, 0.1) is 25.8 Å². The Bertz CT molecular complexity index is 914. The Labute approximate surface area is 145 Å². The van der Waals surface area contributed by atoms with E-state index in [4.69, 9.17) is 9.47 Å². The number of hydrogen-bond donors (Lipinski definition) is 2. The van der Waals surface area contributed by atoms with Crippen LogP contribution < -0.4 is 4.74 Å². The van der Waals surface area contributed by atoms with Crippen molar-refractivity contribution in [2.24, 2.45) is 0 Å². The first-order chi connectivity index (χ1) is 12.2. The van der Waals surface area contributed by atoms with E-state index in [9.17, 15) is 4.79 Å². The highest BCUT2D eigenvalue weighted by Crippen LogP contribution is 2.26. The van der Waals surface area contributed by atoms with E-state index in [-0.39, 0.29) is 12.0 Å². The number of rotatable bonds is 3. The van der Waals surface area contributed by atoms with Gasteiger partial charge in [0.25, 0.3) is 5.91 Å². The number of H-pyrrole nitrogens is 2. The fourth-order valence-corrected chi connectivity index (χ4v) is 3.17. The summed E-state index contributed by atoms with van der Waals surface area (Å²) in [6.07, 6.45) is 3.30. The van der Waals surface area contributed by atoms with Crippen molar-refractivity contribution in [2.75, 3.05) is 26.8 Å². The van der Waals surface area contributed by atoms with Crippen molar-refractivity contribution in [1.82, 2.24) is 19.9 Å². The van der Waals surface area contributed by atoms with E-state index in [2.05, 4.69) is 15.0 Å². The molecule has 130 valence electrons. The zero-order valence-electron chi connectivity index (χ0n) is 14.2. The molecule has 7 heteroatoms. The van der Waals surface area contributed by atoms with Crippen LogP contribution in [0.4, 0.5) is 0 Å². The van der Waals surface area contributed by atoms with Crippen molar-refractivity contribution < 1.29 is 14.3 Å². The van der Waals surface area contributed by atoms with Crippen LogP contribution in [0.3, 0.4) is 0 Å². The maximum atomic E-state index is 13.0. The molecule has 0 bridgehead atoms. The Hall–Kier alpha value is -2.80. The molecular formula is C18H20N4O3. The normalized spacial score (nSPS) is 17.8. The molecule has 4 rings (SSSR count). The van der Waals surface area contributed by atoms with Gasteiger partial charge in [-0.3, -0.25) is 4.79 Å². The van der Waals surface area contributed by atoms with Gasteiger partial charge in [-0.05, 0) is 25.1 Å². The molecular weight excluding hydrogens is 320 g/mol. The van der Waals surface area contributed by atoms with Gasteiger partial charge >= 0.3 is 0 Å². The van der Waals surface area contributed by atoms with E-state index in [1.807, 2.05) is 30.0 Å². The van der Waals surface area contributed by atoms with Gasteiger partial charge in [-0.15, -0.1) is 0 Å². The molecule has 0 radical (unpaired) electrons. The highest BCUT2D eigenvalue weighted by Gasteiger charge is 2.29. The number of amides is 1. The van der Waals surface area contributed by atoms with Gasteiger partial charge in [-0.2, -0.15) is 0 Å². The first-order valence-corrected chi connectivity index (χ1v) is 8.23. The summed E-state index contributed by atoms with van der Waals surface area (Å²) in [5.41, 5.74) is 2.53. The van der Waals surface area contributed by atoms with Crippen molar-refractivity contribution in [3.8, 4) is 5.75 Å². The molecule has 0 spiro atoms. The third-order valence-electron chi connectivity index (χ3n) is 4.50. The van der Waals surface area contributed by atoms with Gasteiger partial charge in [-0.1, -0.05) is 0 Å². The molecule has 0 aliphatic carbocycles. The second-order valence-corrected chi connectivity index (χ2v) is 6.18. The maximum absolute atomic E-state index is 13.0. The van der Waals surface area contributed by atoms with Gasteiger partial charge in [0.1, 0.15) is 17.7 Å². The van der Waals surface area contributed by atoms with Crippen molar-refractivity contribution in [3.05, 3.63) is 47.7 Å². The van der Waals surface area contributed by atoms with Crippen LogP contribution in [0.1, 0.15) is 28.0 Å². The molecule has 1 saturated heterocycles. The summed E-state index contributed by atoms with van der Waals surface area (Å²) in [4.78, 5) is 25.5. The van der Waals surface area contributed by atoms with Gasteiger partial charge in [0.2, 0.25) is 0 Å². The summed E-state index contributed by atoms with van der Waals surface area (Å²) in [5, 5.41) is 0.862. The van der Waals surface area contributed by atoms with Crippen LogP contribution in [-0.2, 0) is 4.74 Å². The van der Waals surface area contributed by atoms with E-state index in [0.29, 0.717) is 25.3 Å². The molecule has 2 aromatic heterocycles. The molecule has 0 saturated carbocycles. The molecule has 0 unspecified atom stereocenters. The van der Waals surface area contributed by atoms with Crippen molar-refractivity contribution in [1.29, 1.82) is 0 Å². The van der Waals surface area contributed by atoms with Crippen LogP contribution in [0, 0.1) is 6.92 Å². The average molecular weight is 340 g/mol. The lowest BCUT2D eigenvalue weighted by molar-refractivity contribution is -0.0264. The molecule has 1 amide bonds. The number of aryl methyl sites for hydroxylation is 1. The number of nitrogens with zero attached hydrogens (tertiary/aromatic N) is 2. The number of morpholine rings is 1. The number of benzene rings is 1. The summed E-state index contributed by atoms with van der Waals surface area (Å²) in [5.74, 6) is 1.47. The summed E-state index contributed by atoms with van der Waals surface area (Å²) in [6, 6.07) is 5.67. The van der Waals surface area contributed by atoms with Crippen molar-refractivity contribution in [2.45, 2.75) is 13.0 Å². The number of nitrogens with one attached hydrogen (secondary N) is 2. The molecule has 25 heavy (non-hydrogen) atoms. The van der Waals surface area contributed by atoms with Gasteiger partial charge in [0.15, 0.2) is 0 Å². The summed E-state index contributed by atoms with van der Waals surface area (Å²) in [7, 11) is 1.62. The van der Waals surface area contributed by atoms with Crippen LogP contribution in [0.15, 0.2) is 30.6 Å². The molecule has 1 aliphatic rings. The van der Waals surface area contributed by atoms with E-state index < -0.39 is 0 Å². The molecule has 1 aromatic carbocycles. The predicted molar refractivity (Wildman–Crippen MR) is 92.8 cm³/mol. The van der Waals surface area contributed by atoms with E-state index in [1.54, 1.807) is 19.5 Å². The van der Waals surface area contributed by atoms with Gasteiger partial charge < -0.3 is 24.3 Å². The standard InChI is InChI=1S/C18H20N4O3/c1-11-8-20-17(21-11)16-10-22(5-6-25-16)18(23)14-9-19-15-4-3-12(24-2)7-13(14)15/h3-4,7-9,16,19H,5-6,10H2,1-2H3,(H,20,21)/t16-/m0/s1. The highest BCUT2D eigenvalue weighted by molar-refractivity contribution is 6.07. The SMILES string of the molecule is COc1ccc2[nH]cc(C(=O)N3CCO[C@H](c4ncc(C)[nH]4)C3)c2c1. The minimum atomic E-state index is -0.230. The van der Waals surface area contributed by atoms with E-state index >= 15 is 0 Å². The number of carbonyl (C=O) groups excluding carboxylic acids is 1. The summed E-state index contributed by atoms with van der Waals surface area (Å²) in [6.45, 7) is 3.47. The number of imidazole rings is 1. The number of methoxy groups -OCH3 is 1. The zero-order chi connectivity index (χ0) is 17.4. The molecule has 1 aliphatic heterocycles. The van der Waals surface area contributed by atoms with Crippen molar-refractivity contribution >= 4 is 16.8 Å². The van der Waals surface area contributed by atoms with Crippen LogP contribution in [0.2, 0.25) is 0 Å². The van der Waals surface area contributed by atoms with Gasteiger partial charge in [0, 0.05) is 35.5 Å².